The smallest absolute Gasteiger partial charge is 0.270 e. The molecule has 0 bridgehead atoms. The normalized spacial score (nSPS) is 19.1. The molecule has 1 saturated carbocycles. The molecule has 1 aliphatic carbocycles. The van der Waals surface area contributed by atoms with Crippen LogP contribution in [-0.2, 0) is 7.05 Å². The molecule has 0 unspecified atom stereocenters. The lowest BCUT2D eigenvalue weighted by atomic mass is 9.92. The molecule has 2 heterocycles. The van der Waals surface area contributed by atoms with Gasteiger partial charge >= 0.3 is 0 Å². The van der Waals surface area contributed by atoms with Crippen LogP contribution in [0.5, 0.6) is 0 Å². The maximum Gasteiger partial charge on any atom is 0.270 e. The summed E-state index contributed by atoms with van der Waals surface area (Å²) in [6.45, 7) is 0. The SMILES string of the molecule is Cn1cc(NC2CCC(F)(F)CC2)c(-c2nnco2)n1. The summed E-state index contributed by atoms with van der Waals surface area (Å²) in [4.78, 5) is 0. The van der Waals surface area contributed by atoms with Crippen molar-refractivity contribution in [2.45, 2.75) is 37.6 Å². The summed E-state index contributed by atoms with van der Waals surface area (Å²) >= 11 is 0. The number of anilines is 1. The van der Waals surface area contributed by atoms with Crippen LogP contribution in [0.2, 0.25) is 0 Å². The minimum atomic E-state index is -2.53. The van der Waals surface area contributed by atoms with E-state index in [-0.39, 0.29) is 18.9 Å². The van der Waals surface area contributed by atoms with Crippen LogP contribution in [0.25, 0.3) is 11.6 Å². The van der Waals surface area contributed by atoms with Crippen molar-refractivity contribution in [1.82, 2.24) is 20.0 Å². The third-order valence-corrected chi connectivity index (χ3v) is 3.47. The highest BCUT2D eigenvalue weighted by Gasteiger charge is 2.35. The van der Waals surface area contributed by atoms with Crippen LogP contribution in [-0.4, -0.2) is 31.9 Å². The minimum absolute atomic E-state index is 0.0143. The zero-order valence-corrected chi connectivity index (χ0v) is 11.0. The highest BCUT2D eigenvalue weighted by molar-refractivity contribution is 5.67. The third kappa shape index (κ3) is 2.63. The number of halogens is 2. The van der Waals surface area contributed by atoms with Crippen LogP contribution >= 0.6 is 0 Å². The molecular formula is C12H15F2N5O. The molecule has 0 radical (unpaired) electrons. The van der Waals surface area contributed by atoms with Gasteiger partial charge in [0, 0.05) is 32.1 Å². The van der Waals surface area contributed by atoms with Crippen molar-refractivity contribution in [3.8, 4) is 11.6 Å². The summed E-state index contributed by atoms with van der Waals surface area (Å²) in [5, 5.41) is 15.0. The highest BCUT2D eigenvalue weighted by Crippen LogP contribution is 2.35. The number of hydrogen-bond acceptors (Lipinski definition) is 5. The number of aromatic nitrogens is 4. The minimum Gasteiger partial charge on any atom is -0.422 e. The van der Waals surface area contributed by atoms with E-state index in [1.807, 2.05) is 0 Å². The Morgan fingerprint density at radius 2 is 2.15 bits per heavy atom. The van der Waals surface area contributed by atoms with Crippen molar-refractivity contribution in [3.05, 3.63) is 12.6 Å². The predicted octanol–water partition coefficient (Wildman–Crippen LogP) is 2.46. The quantitative estimate of drug-likeness (QED) is 0.937. The molecule has 1 N–H and O–H groups in total. The van der Waals surface area contributed by atoms with Crippen molar-refractivity contribution in [1.29, 1.82) is 0 Å². The van der Waals surface area contributed by atoms with Crippen molar-refractivity contribution < 1.29 is 13.2 Å². The van der Waals surface area contributed by atoms with Gasteiger partial charge in [0.15, 0.2) is 5.69 Å². The number of aryl methyl sites for hydroxylation is 1. The van der Waals surface area contributed by atoms with Gasteiger partial charge in [0.25, 0.3) is 5.89 Å². The maximum absolute atomic E-state index is 13.1. The Hall–Kier alpha value is -1.99. The standard InChI is InChI=1S/C12H15F2N5O/c1-19-6-9(10(18-19)11-17-15-7-20-11)16-8-2-4-12(13,14)5-3-8/h6-8,16H,2-5H2,1H3. The Bertz CT molecular complexity index is 571. The summed E-state index contributed by atoms with van der Waals surface area (Å²) < 4.78 is 33.1. The first-order valence-electron chi connectivity index (χ1n) is 6.48. The number of nitrogens with one attached hydrogen (secondary N) is 1. The van der Waals surface area contributed by atoms with Crippen molar-refractivity contribution in [2.24, 2.45) is 7.05 Å². The molecule has 0 aliphatic heterocycles. The molecule has 0 spiro atoms. The molecule has 0 atom stereocenters. The van der Waals surface area contributed by atoms with Crippen LogP contribution in [0, 0.1) is 0 Å². The summed E-state index contributed by atoms with van der Waals surface area (Å²) in [6, 6.07) is 0.0143. The van der Waals surface area contributed by atoms with E-state index in [2.05, 4.69) is 20.6 Å². The molecule has 0 aromatic carbocycles. The predicted molar refractivity (Wildman–Crippen MR) is 67.3 cm³/mol. The molecule has 1 aliphatic rings. The fraction of sp³-hybridized carbons (Fsp3) is 0.583. The third-order valence-electron chi connectivity index (χ3n) is 3.47. The van der Waals surface area contributed by atoms with Crippen LogP contribution in [0.1, 0.15) is 25.7 Å². The first kappa shape index (κ1) is 13.0. The second kappa shape index (κ2) is 4.84. The van der Waals surface area contributed by atoms with Crippen molar-refractivity contribution >= 4 is 5.69 Å². The lowest BCUT2D eigenvalue weighted by Gasteiger charge is -2.29. The van der Waals surface area contributed by atoms with E-state index in [1.54, 1.807) is 17.9 Å². The zero-order chi connectivity index (χ0) is 14.2. The fourth-order valence-electron chi connectivity index (χ4n) is 2.43. The Labute approximate surface area is 114 Å². The van der Waals surface area contributed by atoms with E-state index in [9.17, 15) is 8.78 Å². The molecule has 6 nitrogen and oxygen atoms in total. The largest absolute Gasteiger partial charge is 0.422 e. The molecule has 2 aromatic heterocycles. The van der Waals surface area contributed by atoms with Crippen molar-refractivity contribution in [3.63, 3.8) is 0 Å². The average Bonchev–Trinajstić information content (AvgIpc) is 3.01. The monoisotopic (exact) mass is 283 g/mol. The topological polar surface area (TPSA) is 68.8 Å². The lowest BCUT2D eigenvalue weighted by Crippen LogP contribution is -2.32. The van der Waals surface area contributed by atoms with E-state index in [4.69, 9.17) is 4.42 Å². The molecule has 3 rings (SSSR count). The van der Waals surface area contributed by atoms with E-state index < -0.39 is 5.92 Å². The Morgan fingerprint density at radius 1 is 1.40 bits per heavy atom. The van der Waals surface area contributed by atoms with Gasteiger partial charge in [-0.2, -0.15) is 5.10 Å². The van der Waals surface area contributed by atoms with Gasteiger partial charge in [0.2, 0.25) is 12.3 Å². The van der Waals surface area contributed by atoms with E-state index in [1.165, 1.54) is 6.39 Å². The van der Waals surface area contributed by atoms with Gasteiger partial charge in [0.05, 0.1) is 5.69 Å². The van der Waals surface area contributed by atoms with Gasteiger partial charge in [-0.3, -0.25) is 4.68 Å². The van der Waals surface area contributed by atoms with Gasteiger partial charge in [-0.1, -0.05) is 0 Å². The fourth-order valence-corrected chi connectivity index (χ4v) is 2.43. The Balaban J connectivity index is 1.75. The number of hydrogen-bond donors (Lipinski definition) is 1. The van der Waals surface area contributed by atoms with Crippen LogP contribution in [0.3, 0.4) is 0 Å². The maximum atomic E-state index is 13.1. The van der Waals surface area contributed by atoms with E-state index in [0.717, 1.165) is 5.69 Å². The zero-order valence-electron chi connectivity index (χ0n) is 11.0. The van der Waals surface area contributed by atoms with E-state index in [0.29, 0.717) is 24.4 Å². The molecule has 8 heteroatoms. The van der Waals surface area contributed by atoms with Gasteiger partial charge in [0.1, 0.15) is 0 Å². The molecule has 20 heavy (non-hydrogen) atoms. The van der Waals surface area contributed by atoms with Crippen molar-refractivity contribution in [2.75, 3.05) is 5.32 Å². The lowest BCUT2D eigenvalue weighted by molar-refractivity contribution is -0.0360. The second-order valence-corrected chi connectivity index (χ2v) is 5.08. The first-order valence-corrected chi connectivity index (χ1v) is 6.48. The molecule has 1 fully saturated rings. The number of nitrogens with zero attached hydrogens (tertiary/aromatic N) is 4. The second-order valence-electron chi connectivity index (χ2n) is 5.08. The summed E-state index contributed by atoms with van der Waals surface area (Å²) in [5.41, 5.74) is 1.27. The van der Waals surface area contributed by atoms with Gasteiger partial charge in [-0.05, 0) is 12.8 Å². The van der Waals surface area contributed by atoms with Gasteiger partial charge in [-0.15, -0.1) is 10.2 Å². The molecule has 0 saturated heterocycles. The molecule has 2 aromatic rings. The molecular weight excluding hydrogens is 268 g/mol. The molecule has 0 amide bonds. The van der Waals surface area contributed by atoms with Crippen LogP contribution in [0.15, 0.2) is 17.0 Å². The van der Waals surface area contributed by atoms with Crippen LogP contribution in [0.4, 0.5) is 14.5 Å². The summed E-state index contributed by atoms with van der Waals surface area (Å²) in [6.07, 6.45) is 3.72. The molecule has 108 valence electrons. The summed E-state index contributed by atoms with van der Waals surface area (Å²) in [5.74, 6) is -2.21. The number of rotatable bonds is 3. The van der Waals surface area contributed by atoms with Gasteiger partial charge in [-0.25, -0.2) is 8.78 Å². The van der Waals surface area contributed by atoms with Crippen LogP contribution < -0.4 is 5.32 Å². The first-order chi connectivity index (χ1) is 9.53. The van der Waals surface area contributed by atoms with E-state index >= 15 is 0 Å². The highest BCUT2D eigenvalue weighted by atomic mass is 19.3. The van der Waals surface area contributed by atoms with Gasteiger partial charge < -0.3 is 9.73 Å². The Morgan fingerprint density at radius 3 is 2.80 bits per heavy atom. The number of alkyl halides is 2. The average molecular weight is 283 g/mol. The Kier molecular flexibility index (Phi) is 3.15. The summed E-state index contributed by atoms with van der Waals surface area (Å²) in [7, 11) is 1.78.